The van der Waals surface area contributed by atoms with Crippen LogP contribution in [0.1, 0.15) is 37.4 Å². The van der Waals surface area contributed by atoms with E-state index in [-0.39, 0.29) is 0 Å². The van der Waals surface area contributed by atoms with E-state index in [1.54, 1.807) is 11.3 Å². The van der Waals surface area contributed by atoms with Crippen LogP contribution in [-0.2, 0) is 6.54 Å². The molecule has 0 unspecified atom stereocenters. The van der Waals surface area contributed by atoms with E-state index in [1.807, 2.05) is 0 Å². The Labute approximate surface area is 108 Å². The standard InChI is InChI=1S/C13H23N3S/c1-4-13(5-2)10-14-6-7-16(13)8-12-9-17-11(3)15-12/h9,14H,4-8,10H2,1-3H3. The van der Waals surface area contributed by atoms with Crippen LogP contribution in [-0.4, -0.2) is 35.1 Å². The number of piperazine rings is 1. The molecule has 1 aliphatic heterocycles. The Balaban J connectivity index is 2.11. The van der Waals surface area contributed by atoms with Gasteiger partial charge in [0.05, 0.1) is 10.7 Å². The third-order valence-corrected chi connectivity index (χ3v) is 4.84. The van der Waals surface area contributed by atoms with E-state index < -0.39 is 0 Å². The maximum Gasteiger partial charge on any atom is 0.0897 e. The largest absolute Gasteiger partial charge is 0.314 e. The van der Waals surface area contributed by atoms with Crippen LogP contribution in [0.3, 0.4) is 0 Å². The average Bonchev–Trinajstić information content (AvgIpc) is 2.76. The van der Waals surface area contributed by atoms with Gasteiger partial charge in [0.1, 0.15) is 0 Å². The molecule has 0 atom stereocenters. The molecule has 2 heterocycles. The van der Waals surface area contributed by atoms with Gasteiger partial charge < -0.3 is 5.32 Å². The van der Waals surface area contributed by atoms with Gasteiger partial charge in [0.2, 0.25) is 0 Å². The molecular weight excluding hydrogens is 230 g/mol. The van der Waals surface area contributed by atoms with Crippen molar-refractivity contribution in [2.45, 2.75) is 45.7 Å². The summed E-state index contributed by atoms with van der Waals surface area (Å²) in [4.78, 5) is 7.22. The Bertz CT molecular complexity index is 357. The average molecular weight is 253 g/mol. The lowest BCUT2D eigenvalue weighted by Crippen LogP contribution is -2.60. The van der Waals surface area contributed by atoms with Gasteiger partial charge in [-0.15, -0.1) is 11.3 Å². The molecule has 1 aliphatic rings. The molecule has 0 radical (unpaired) electrons. The predicted octanol–water partition coefficient (Wildman–Crippen LogP) is 2.42. The fraction of sp³-hybridized carbons (Fsp3) is 0.769. The fourth-order valence-electron chi connectivity index (χ4n) is 2.75. The Hall–Kier alpha value is -0.450. The normalized spacial score (nSPS) is 20.6. The molecule has 1 saturated heterocycles. The zero-order valence-electron chi connectivity index (χ0n) is 11.1. The van der Waals surface area contributed by atoms with Crippen molar-refractivity contribution in [3.8, 4) is 0 Å². The summed E-state index contributed by atoms with van der Waals surface area (Å²) >= 11 is 1.75. The quantitative estimate of drug-likeness (QED) is 0.893. The molecule has 96 valence electrons. The molecule has 0 aliphatic carbocycles. The highest BCUT2D eigenvalue weighted by Gasteiger charge is 2.35. The zero-order valence-corrected chi connectivity index (χ0v) is 11.9. The van der Waals surface area contributed by atoms with Gasteiger partial charge in [0.15, 0.2) is 0 Å². The van der Waals surface area contributed by atoms with Crippen LogP contribution in [0.2, 0.25) is 0 Å². The highest BCUT2D eigenvalue weighted by molar-refractivity contribution is 7.09. The van der Waals surface area contributed by atoms with Crippen LogP contribution in [0.25, 0.3) is 0 Å². The molecule has 0 aromatic carbocycles. The third kappa shape index (κ3) is 2.69. The second-order valence-corrected chi connectivity index (χ2v) is 5.95. The van der Waals surface area contributed by atoms with Gasteiger partial charge in [-0.2, -0.15) is 0 Å². The van der Waals surface area contributed by atoms with Gasteiger partial charge in [-0.3, -0.25) is 4.90 Å². The van der Waals surface area contributed by atoms with Gasteiger partial charge in [0, 0.05) is 37.1 Å². The van der Waals surface area contributed by atoms with Crippen molar-refractivity contribution >= 4 is 11.3 Å². The van der Waals surface area contributed by atoms with Crippen LogP contribution >= 0.6 is 11.3 Å². The molecule has 1 fully saturated rings. The van der Waals surface area contributed by atoms with Gasteiger partial charge in [-0.05, 0) is 19.8 Å². The summed E-state index contributed by atoms with van der Waals surface area (Å²) in [7, 11) is 0. The lowest BCUT2D eigenvalue weighted by atomic mass is 9.88. The first-order valence-corrected chi connectivity index (χ1v) is 7.45. The van der Waals surface area contributed by atoms with E-state index in [4.69, 9.17) is 0 Å². The van der Waals surface area contributed by atoms with E-state index >= 15 is 0 Å². The summed E-state index contributed by atoms with van der Waals surface area (Å²) in [6.45, 7) is 11.0. The van der Waals surface area contributed by atoms with Gasteiger partial charge >= 0.3 is 0 Å². The molecule has 0 spiro atoms. The Kier molecular flexibility index (Phi) is 4.17. The predicted molar refractivity (Wildman–Crippen MR) is 73.4 cm³/mol. The van der Waals surface area contributed by atoms with Crippen molar-refractivity contribution in [2.75, 3.05) is 19.6 Å². The molecule has 17 heavy (non-hydrogen) atoms. The zero-order chi connectivity index (χ0) is 12.3. The fourth-order valence-corrected chi connectivity index (χ4v) is 3.36. The highest BCUT2D eigenvalue weighted by atomic mass is 32.1. The smallest absolute Gasteiger partial charge is 0.0897 e. The summed E-state index contributed by atoms with van der Waals surface area (Å²) in [6.07, 6.45) is 2.42. The van der Waals surface area contributed by atoms with Crippen molar-refractivity contribution in [3.05, 3.63) is 16.1 Å². The molecule has 2 rings (SSSR count). The first-order chi connectivity index (χ1) is 8.20. The number of aryl methyl sites for hydroxylation is 1. The van der Waals surface area contributed by atoms with Crippen molar-refractivity contribution in [1.82, 2.24) is 15.2 Å². The maximum absolute atomic E-state index is 4.60. The van der Waals surface area contributed by atoms with Gasteiger partial charge in [0.25, 0.3) is 0 Å². The lowest BCUT2D eigenvalue weighted by molar-refractivity contribution is 0.0438. The Morgan fingerprint density at radius 2 is 2.24 bits per heavy atom. The first-order valence-electron chi connectivity index (χ1n) is 6.57. The second kappa shape index (κ2) is 5.46. The van der Waals surface area contributed by atoms with Gasteiger partial charge in [-0.25, -0.2) is 4.98 Å². The van der Waals surface area contributed by atoms with E-state index in [1.165, 1.54) is 23.5 Å². The Morgan fingerprint density at radius 3 is 2.82 bits per heavy atom. The van der Waals surface area contributed by atoms with Crippen molar-refractivity contribution < 1.29 is 0 Å². The molecule has 0 amide bonds. The molecule has 3 nitrogen and oxygen atoms in total. The van der Waals surface area contributed by atoms with Crippen molar-refractivity contribution in [1.29, 1.82) is 0 Å². The van der Waals surface area contributed by atoms with E-state index in [2.05, 4.69) is 41.4 Å². The number of hydrogen-bond acceptors (Lipinski definition) is 4. The van der Waals surface area contributed by atoms with Crippen LogP contribution < -0.4 is 5.32 Å². The number of rotatable bonds is 4. The monoisotopic (exact) mass is 253 g/mol. The number of thiazole rings is 1. The third-order valence-electron chi connectivity index (χ3n) is 4.02. The summed E-state index contributed by atoms with van der Waals surface area (Å²) in [5.41, 5.74) is 1.57. The van der Waals surface area contributed by atoms with Gasteiger partial charge in [-0.1, -0.05) is 13.8 Å². The molecular formula is C13H23N3S. The molecule has 1 N–H and O–H groups in total. The summed E-state index contributed by atoms with van der Waals surface area (Å²) in [5.74, 6) is 0. The first kappa shape index (κ1) is 13.0. The molecule has 4 heteroatoms. The van der Waals surface area contributed by atoms with E-state index in [0.717, 1.165) is 26.2 Å². The van der Waals surface area contributed by atoms with Crippen LogP contribution in [0.15, 0.2) is 5.38 Å². The molecule has 1 aromatic heterocycles. The van der Waals surface area contributed by atoms with E-state index in [0.29, 0.717) is 5.54 Å². The second-order valence-electron chi connectivity index (χ2n) is 4.89. The number of nitrogens with one attached hydrogen (secondary N) is 1. The SMILES string of the molecule is CCC1(CC)CNCCN1Cc1csc(C)n1. The number of aromatic nitrogens is 1. The van der Waals surface area contributed by atoms with Crippen LogP contribution in [0.5, 0.6) is 0 Å². The molecule has 1 aromatic rings. The lowest BCUT2D eigenvalue weighted by Gasteiger charge is -2.46. The maximum atomic E-state index is 4.60. The topological polar surface area (TPSA) is 28.2 Å². The number of hydrogen-bond donors (Lipinski definition) is 1. The molecule has 0 bridgehead atoms. The minimum atomic E-state index is 0.329. The van der Waals surface area contributed by atoms with Crippen molar-refractivity contribution in [2.24, 2.45) is 0 Å². The molecule has 0 saturated carbocycles. The summed E-state index contributed by atoms with van der Waals surface area (Å²) in [6, 6.07) is 0. The summed E-state index contributed by atoms with van der Waals surface area (Å²) < 4.78 is 0. The highest BCUT2D eigenvalue weighted by Crippen LogP contribution is 2.27. The van der Waals surface area contributed by atoms with Crippen LogP contribution in [0, 0.1) is 6.92 Å². The van der Waals surface area contributed by atoms with Crippen LogP contribution in [0.4, 0.5) is 0 Å². The van der Waals surface area contributed by atoms with Crippen molar-refractivity contribution in [3.63, 3.8) is 0 Å². The Morgan fingerprint density at radius 1 is 1.47 bits per heavy atom. The number of nitrogens with zero attached hydrogens (tertiary/aromatic N) is 2. The van der Waals surface area contributed by atoms with E-state index in [9.17, 15) is 0 Å². The minimum absolute atomic E-state index is 0.329. The summed E-state index contributed by atoms with van der Waals surface area (Å²) in [5, 5.41) is 6.92. The minimum Gasteiger partial charge on any atom is -0.314 e.